The maximum atomic E-state index is 5.80. The van der Waals surface area contributed by atoms with Crippen LogP contribution in [0.5, 0.6) is 0 Å². The molecular weight excluding hydrogens is 220 g/mol. The smallest absolute Gasteiger partial charge is 0.166 e. The van der Waals surface area contributed by atoms with Gasteiger partial charge in [0.25, 0.3) is 0 Å². The highest BCUT2D eigenvalue weighted by Crippen LogP contribution is 2.27. The first kappa shape index (κ1) is 11.4. The lowest BCUT2D eigenvalue weighted by Gasteiger charge is -2.39. The minimum atomic E-state index is 0.0523. The van der Waals surface area contributed by atoms with Gasteiger partial charge in [0.2, 0.25) is 0 Å². The Hall–Kier alpha value is -1.13. The standard InChI is InChI=1S/C12H16N2OS/c1-9-11(10-5-3-2-4-6-10)15-8-7-14(9)12(13)16/h2-6,9,11H,7-8H2,1H3,(H2,13,16)/t9-,11-/m1/s1. The van der Waals surface area contributed by atoms with Crippen molar-refractivity contribution in [2.45, 2.75) is 19.1 Å². The van der Waals surface area contributed by atoms with Crippen molar-refractivity contribution in [3.63, 3.8) is 0 Å². The lowest BCUT2D eigenvalue weighted by atomic mass is 10.0. The van der Waals surface area contributed by atoms with E-state index in [2.05, 4.69) is 19.1 Å². The van der Waals surface area contributed by atoms with Crippen LogP contribution in [0.15, 0.2) is 30.3 Å². The van der Waals surface area contributed by atoms with Crippen LogP contribution in [-0.4, -0.2) is 29.2 Å². The van der Waals surface area contributed by atoms with E-state index >= 15 is 0 Å². The minimum Gasteiger partial charge on any atom is -0.376 e. The predicted molar refractivity (Wildman–Crippen MR) is 68.1 cm³/mol. The van der Waals surface area contributed by atoms with Crippen molar-refractivity contribution < 1.29 is 4.74 Å². The van der Waals surface area contributed by atoms with Crippen molar-refractivity contribution in [2.24, 2.45) is 5.73 Å². The Labute approximate surface area is 101 Å². The normalized spacial score (nSPS) is 25.4. The molecule has 4 heteroatoms. The number of benzene rings is 1. The van der Waals surface area contributed by atoms with Gasteiger partial charge in [0.05, 0.1) is 12.6 Å². The summed E-state index contributed by atoms with van der Waals surface area (Å²) in [5.41, 5.74) is 6.88. The van der Waals surface area contributed by atoms with Crippen LogP contribution in [0, 0.1) is 0 Å². The summed E-state index contributed by atoms with van der Waals surface area (Å²) in [6.07, 6.45) is 0.0523. The van der Waals surface area contributed by atoms with Crippen LogP contribution in [0.3, 0.4) is 0 Å². The van der Waals surface area contributed by atoms with E-state index in [4.69, 9.17) is 22.7 Å². The molecule has 0 radical (unpaired) electrons. The molecular formula is C12H16N2OS. The van der Waals surface area contributed by atoms with Crippen LogP contribution in [-0.2, 0) is 4.74 Å². The lowest BCUT2D eigenvalue weighted by Crippen LogP contribution is -2.50. The van der Waals surface area contributed by atoms with E-state index < -0.39 is 0 Å². The van der Waals surface area contributed by atoms with Gasteiger partial charge in [-0.25, -0.2) is 0 Å². The third kappa shape index (κ3) is 2.18. The molecule has 1 aliphatic rings. The highest BCUT2D eigenvalue weighted by molar-refractivity contribution is 7.80. The van der Waals surface area contributed by atoms with E-state index in [1.54, 1.807) is 0 Å². The summed E-state index contributed by atoms with van der Waals surface area (Å²) in [4.78, 5) is 2.02. The number of nitrogens with zero attached hydrogens (tertiary/aromatic N) is 1. The van der Waals surface area contributed by atoms with Crippen molar-refractivity contribution in [2.75, 3.05) is 13.2 Å². The van der Waals surface area contributed by atoms with Crippen molar-refractivity contribution in [1.29, 1.82) is 0 Å². The molecule has 16 heavy (non-hydrogen) atoms. The summed E-state index contributed by atoms with van der Waals surface area (Å²) in [5.74, 6) is 0. The molecule has 3 nitrogen and oxygen atoms in total. The largest absolute Gasteiger partial charge is 0.376 e. The van der Waals surface area contributed by atoms with Crippen molar-refractivity contribution in [3.8, 4) is 0 Å². The van der Waals surface area contributed by atoms with E-state index in [9.17, 15) is 0 Å². The summed E-state index contributed by atoms with van der Waals surface area (Å²) < 4.78 is 5.80. The third-order valence-corrected chi connectivity index (χ3v) is 3.21. The Bertz CT molecular complexity index is 369. The van der Waals surface area contributed by atoms with Gasteiger partial charge in [-0.05, 0) is 24.7 Å². The van der Waals surface area contributed by atoms with Crippen LogP contribution >= 0.6 is 12.2 Å². The monoisotopic (exact) mass is 236 g/mol. The Morgan fingerprint density at radius 1 is 1.44 bits per heavy atom. The van der Waals surface area contributed by atoms with Gasteiger partial charge in [-0.2, -0.15) is 0 Å². The molecule has 1 saturated heterocycles. The molecule has 0 aromatic heterocycles. The maximum Gasteiger partial charge on any atom is 0.166 e. The topological polar surface area (TPSA) is 38.5 Å². The second kappa shape index (κ2) is 4.80. The average molecular weight is 236 g/mol. The molecule has 1 aromatic rings. The molecule has 1 aliphatic heterocycles. The van der Waals surface area contributed by atoms with E-state index in [1.807, 2.05) is 23.1 Å². The van der Waals surface area contributed by atoms with Gasteiger partial charge in [0.15, 0.2) is 5.11 Å². The van der Waals surface area contributed by atoms with Gasteiger partial charge in [-0.1, -0.05) is 30.3 Å². The molecule has 2 N–H and O–H groups in total. The predicted octanol–water partition coefficient (Wildman–Crippen LogP) is 1.69. The second-order valence-electron chi connectivity index (χ2n) is 3.97. The Morgan fingerprint density at radius 3 is 2.75 bits per heavy atom. The number of nitrogens with two attached hydrogens (primary N) is 1. The molecule has 1 aromatic carbocycles. The highest BCUT2D eigenvalue weighted by atomic mass is 32.1. The third-order valence-electron chi connectivity index (χ3n) is 2.97. The minimum absolute atomic E-state index is 0.0523. The SMILES string of the molecule is C[C@@H]1[C@H](c2ccccc2)OCCN1C(N)=S. The summed E-state index contributed by atoms with van der Waals surface area (Å²) in [7, 11) is 0. The van der Waals surface area contributed by atoms with Gasteiger partial charge < -0.3 is 15.4 Å². The number of thiocarbonyl (C=S) groups is 1. The first-order valence-electron chi connectivity index (χ1n) is 5.43. The summed E-state index contributed by atoms with van der Waals surface area (Å²) >= 11 is 5.04. The Balaban J connectivity index is 2.19. The fourth-order valence-electron chi connectivity index (χ4n) is 2.11. The number of rotatable bonds is 1. The second-order valence-corrected chi connectivity index (χ2v) is 4.39. The number of ether oxygens (including phenoxy) is 1. The van der Waals surface area contributed by atoms with Gasteiger partial charge in [0.1, 0.15) is 6.10 Å². The molecule has 0 saturated carbocycles. The summed E-state index contributed by atoms with van der Waals surface area (Å²) in [6.45, 7) is 3.54. The summed E-state index contributed by atoms with van der Waals surface area (Å²) in [6, 6.07) is 10.4. The molecule has 2 atom stereocenters. The quantitative estimate of drug-likeness (QED) is 0.753. The molecule has 86 valence electrons. The fraction of sp³-hybridized carbons (Fsp3) is 0.417. The maximum absolute atomic E-state index is 5.80. The zero-order valence-corrected chi connectivity index (χ0v) is 10.1. The molecule has 1 heterocycles. The van der Waals surface area contributed by atoms with Gasteiger partial charge in [-0.3, -0.25) is 0 Å². The first-order chi connectivity index (χ1) is 7.70. The van der Waals surface area contributed by atoms with E-state index in [0.29, 0.717) is 11.7 Å². The van der Waals surface area contributed by atoms with Crippen LogP contribution in [0.2, 0.25) is 0 Å². The van der Waals surface area contributed by atoms with Gasteiger partial charge in [0, 0.05) is 6.54 Å². The van der Waals surface area contributed by atoms with Gasteiger partial charge in [-0.15, -0.1) is 0 Å². The van der Waals surface area contributed by atoms with Crippen molar-refractivity contribution >= 4 is 17.3 Å². The highest BCUT2D eigenvalue weighted by Gasteiger charge is 2.30. The molecule has 0 unspecified atom stereocenters. The zero-order chi connectivity index (χ0) is 11.5. The Kier molecular flexibility index (Phi) is 3.41. The molecule has 0 spiro atoms. The van der Waals surface area contributed by atoms with Crippen LogP contribution in [0.25, 0.3) is 0 Å². The number of morpholine rings is 1. The zero-order valence-electron chi connectivity index (χ0n) is 9.30. The molecule has 0 bridgehead atoms. The van der Waals surface area contributed by atoms with Crippen molar-refractivity contribution in [3.05, 3.63) is 35.9 Å². The van der Waals surface area contributed by atoms with Crippen molar-refractivity contribution in [1.82, 2.24) is 4.90 Å². The summed E-state index contributed by atoms with van der Waals surface area (Å²) in [5, 5.41) is 0.455. The fourth-order valence-corrected chi connectivity index (χ4v) is 2.37. The average Bonchev–Trinajstić information content (AvgIpc) is 2.30. The number of hydrogen-bond donors (Lipinski definition) is 1. The molecule has 2 rings (SSSR count). The molecule has 1 fully saturated rings. The van der Waals surface area contributed by atoms with Crippen LogP contribution in [0.1, 0.15) is 18.6 Å². The molecule has 0 aliphatic carbocycles. The van der Waals surface area contributed by atoms with E-state index in [-0.39, 0.29) is 12.1 Å². The Morgan fingerprint density at radius 2 is 2.12 bits per heavy atom. The first-order valence-corrected chi connectivity index (χ1v) is 5.83. The lowest BCUT2D eigenvalue weighted by molar-refractivity contribution is -0.0408. The van der Waals surface area contributed by atoms with E-state index in [1.165, 1.54) is 5.56 Å². The molecule has 0 amide bonds. The van der Waals surface area contributed by atoms with Gasteiger partial charge >= 0.3 is 0 Å². The number of hydrogen-bond acceptors (Lipinski definition) is 2. The van der Waals surface area contributed by atoms with E-state index in [0.717, 1.165) is 6.54 Å². The van der Waals surface area contributed by atoms with Crippen LogP contribution in [0.4, 0.5) is 0 Å². The van der Waals surface area contributed by atoms with Crippen LogP contribution < -0.4 is 5.73 Å².